The van der Waals surface area contributed by atoms with Gasteiger partial charge in [0.05, 0.1) is 11.9 Å². The molecule has 4 nitrogen and oxygen atoms in total. The van der Waals surface area contributed by atoms with Gasteiger partial charge in [0.1, 0.15) is 0 Å². The molecule has 4 atom stereocenters. The molecule has 1 aliphatic carbocycles. The number of carbonyl (C=O) groups is 1. The molecule has 0 unspecified atom stereocenters. The first kappa shape index (κ1) is 17.5. The molecule has 2 amide bonds. The molecule has 1 aliphatic heterocycles. The molecule has 1 heterocycles. The summed E-state index contributed by atoms with van der Waals surface area (Å²) in [7, 11) is 0. The predicted molar refractivity (Wildman–Crippen MR) is 91.8 cm³/mol. The first-order valence-corrected chi connectivity index (χ1v) is 9.52. The summed E-state index contributed by atoms with van der Waals surface area (Å²) in [6.07, 6.45) is 10.0. The van der Waals surface area contributed by atoms with Crippen LogP contribution in [0.2, 0.25) is 0 Å². The summed E-state index contributed by atoms with van der Waals surface area (Å²) in [5.41, 5.74) is 0. The van der Waals surface area contributed by atoms with E-state index < -0.39 is 0 Å². The minimum Gasteiger partial charge on any atom is -0.393 e. The van der Waals surface area contributed by atoms with Crippen molar-refractivity contribution >= 4 is 17.8 Å². The summed E-state index contributed by atoms with van der Waals surface area (Å²) in [6, 6.07) is 0.227. The molecule has 2 rings (SSSR count). The molecule has 0 spiro atoms. The third kappa shape index (κ3) is 4.57. The van der Waals surface area contributed by atoms with E-state index in [1.54, 1.807) is 11.8 Å². The normalized spacial score (nSPS) is 31.8. The maximum atomic E-state index is 12.4. The van der Waals surface area contributed by atoms with Crippen molar-refractivity contribution in [3.8, 4) is 12.3 Å². The van der Waals surface area contributed by atoms with E-state index in [4.69, 9.17) is 6.42 Å². The van der Waals surface area contributed by atoms with Gasteiger partial charge in [-0.1, -0.05) is 12.8 Å². The van der Waals surface area contributed by atoms with Gasteiger partial charge in [-0.15, -0.1) is 18.2 Å². The van der Waals surface area contributed by atoms with Gasteiger partial charge < -0.3 is 15.3 Å². The zero-order valence-electron chi connectivity index (χ0n) is 13.5. The van der Waals surface area contributed by atoms with Gasteiger partial charge in [-0.2, -0.15) is 0 Å². The van der Waals surface area contributed by atoms with E-state index in [0.717, 1.165) is 44.4 Å². The van der Waals surface area contributed by atoms with Crippen molar-refractivity contribution in [1.82, 2.24) is 10.2 Å². The number of hydrogen-bond acceptors (Lipinski definition) is 3. The van der Waals surface area contributed by atoms with Crippen molar-refractivity contribution in [2.45, 2.75) is 51.2 Å². The molecule has 2 fully saturated rings. The molecular weight excluding hydrogens is 296 g/mol. The maximum absolute atomic E-state index is 12.4. The van der Waals surface area contributed by atoms with E-state index in [0.29, 0.717) is 18.2 Å². The van der Waals surface area contributed by atoms with Gasteiger partial charge >= 0.3 is 6.03 Å². The van der Waals surface area contributed by atoms with Gasteiger partial charge in [-0.25, -0.2) is 4.79 Å². The van der Waals surface area contributed by atoms with E-state index in [9.17, 15) is 9.90 Å². The molecule has 22 heavy (non-hydrogen) atoms. The Kier molecular flexibility index (Phi) is 6.91. The van der Waals surface area contributed by atoms with Gasteiger partial charge in [-0.3, -0.25) is 0 Å². The molecular formula is C17H28N2O2S. The molecule has 1 saturated heterocycles. The van der Waals surface area contributed by atoms with Crippen molar-refractivity contribution in [2.24, 2.45) is 11.8 Å². The van der Waals surface area contributed by atoms with Crippen LogP contribution in [-0.2, 0) is 0 Å². The topological polar surface area (TPSA) is 52.6 Å². The summed E-state index contributed by atoms with van der Waals surface area (Å²) >= 11 is 1.66. The van der Waals surface area contributed by atoms with E-state index >= 15 is 0 Å². The monoisotopic (exact) mass is 324 g/mol. The number of aliphatic hydroxyl groups excluding tert-OH is 1. The number of nitrogens with zero attached hydrogens (tertiary/aromatic N) is 1. The van der Waals surface area contributed by atoms with Crippen molar-refractivity contribution in [3.63, 3.8) is 0 Å². The number of nitrogens with one attached hydrogen (secondary N) is 1. The van der Waals surface area contributed by atoms with Crippen LogP contribution < -0.4 is 5.32 Å². The summed E-state index contributed by atoms with van der Waals surface area (Å²) in [5, 5.41) is 13.3. The second kappa shape index (κ2) is 8.69. The largest absolute Gasteiger partial charge is 0.393 e. The third-order valence-electron chi connectivity index (χ3n) is 4.89. The lowest BCUT2D eigenvalue weighted by molar-refractivity contribution is 0.0154. The SMILES string of the molecule is C#CCSCCNC(=O)N1CCC[C@@H]1[C@@H]1C[C@H](C)CC[C@H]1O. The van der Waals surface area contributed by atoms with Gasteiger partial charge in [0.25, 0.3) is 0 Å². The standard InChI is InChI=1S/C17H28N2O2S/c1-3-10-22-11-8-18-17(21)19-9-4-5-15(19)14-12-13(2)6-7-16(14)20/h1,13-16,20H,4-12H2,2H3,(H,18,21)/t13-,14+,15-,16-/m1/s1. The fourth-order valence-corrected chi connectivity index (χ4v) is 4.28. The number of amides is 2. The van der Waals surface area contributed by atoms with Crippen LogP contribution in [0, 0.1) is 24.2 Å². The first-order valence-electron chi connectivity index (χ1n) is 8.37. The second-order valence-electron chi connectivity index (χ2n) is 6.54. The number of rotatable bonds is 5. The summed E-state index contributed by atoms with van der Waals surface area (Å²) in [4.78, 5) is 14.4. The van der Waals surface area contributed by atoms with Crippen LogP contribution in [0.25, 0.3) is 0 Å². The zero-order chi connectivity index (χ0) is 15.9. The molecule has 124 valence electrons. The average Bonchev–Trinajstić information content (AvgIpc) is 2.98. The van der Waals surface area contributed by atoms with Crippen LogP contribution in [0.15, 0.2) is 0 Å². The van der Waals surface area contributed by atoms with E-state index in [-0.39, 0.29) is 24.1 Å². The highest BCUT2D eigenvalue weighted by atomic mass is 32.2. The van der Waals surface area contributed by atoms with Gasteiger partial charge in [0.15, 0.2) is 0 Å². The number of likely N-dealkylation sites (tertiary alicyclic amines) is 1. The van der Waals surface area contributed by atoms with Crippen LogP contribution in [0.1, 0.15) is 39.0 Å². The quantitative estimate of drug-likeness (QED) is 0.603. The molecule has 0 radical (unpaired) electrons. The van der Waals surface area contributed by atoms with Gasteiger partial charge in [-0.05, 0) is 38.0 Å². The summed E-state index contributed by atoms with van der Waals surface area (Å²) in [5.74, 6) is 5.01. The zero-order valence-corrected chi connectivity index (χ0v) is 14.3. The second-order valence-corrected chi connectivity index (χ2v) is 7.65. The molecule has 5 heteroatoms. The Balaban J connectivity index is 1.84. The number of hydrogen-bond donors (Lipinski definition) is 2. The van der Waals surface area contributed by atoms with E-state index in [1.165, 1.54) is 0 Å². The molecule has 0 aromatic carbocycles. The number of aliphatic hydroxyl groups is 1. The van der Waals surface area contributed by atoms with Crippen LogP contribution in [-0.4, -0.2) is 52.8 Å². The Morgan fingerprint density at radius 3 is 3.05 bits per heavy atom. The molecule has 2 aliphatic rings. The molecule has 0 bridgehead atoms. The predicted octanol–water partition coefficient (Wildman–Crippen LogP) is 2.32. The smallest absolute Gasteiger partial charge is 0.317 e. The average molecular weight is 324 g/mol. The highest BCUT2D eigenvalue weighted by Crippen LogP contribution is 2.37. The Morgan fingerprint density at radius 1 is 1.45 bits per heavy atom. The van der Waals surface area contributed by atoms with Crippen molar-refractivity contribution in [1.29, 1.82) is 0 Å². The van der Waals surface area contributed by atoms with Gasteiger partial charge in [0, 0.05) is 30.8 Å². The molecule has 0 aromatic rings. The van der Waals surface area contributed by atoms with Crippen molar-refractivity contribution in [3.05, 3.63) is 0 Å². The lowest BCUT2D eigenvalue weighted by Gasteiger charge is -2.39. The molecule has 2 N–H and O–H groups in total. The van der Waals surface area contributed by atoms with Gasteiger partial charge in [0.2, 0.25) is 0 Å². The van der Waals surface area contributed by atoms with Crippen LogP contribution in [0.4, 0.5) is 4.79 Å². The molecule has 0 aromatic heterocycles. The lowest BCUT2D eigenvalue weighted by Crippen LogP contribution is -2.49. The van der Waals surface area contributed by atoms with Crippen LogP contribution >= 0.6 is 11.8 Å². The summed E-state index contributed by atoms with van der Waals surface area (Å²) in [6.45, 7) is 3.71. The number of urea groups is 1. The minimum absolute atomic E-state index is 0.0224. The lowest BCUT2D eigenvalue weighted by atomic mass is 9.76. The first-order chi connectivity index (χ1) is 10.6. The van der Waals surface area contributed by atoms with Crippen molar-refractivity contribution < 1.29 is 9.90 Å². The van der Waals surface area contributed by atoms with E-state index in [2.05, 4.69) is 18.2 Å². The minimum atomic E-state index is -0.249. The summed E-state index contributed by atoms with van der Waals surface area (Å²) < 4.78 is 0. The number of terminal acetylenes is 1. The highest BCUT2D eigenvalue weighted by Gasteiger charge is 2.40. The fourth-order valence-electron chi connectivity index (χ4n) is 3.77. The number of carbonyl (C=O) groups excluding carboxylic acids is 1. The fraction of sp³-hybridized carbons (Fsp3) is 0.824. The highest BCUT2D eigenvalue weighted by molar-refractivity contribution is 7.99. The van der Waals surface area contributed by atoms with E-state index in [1.807, 2.05) is 4.90 Å². The maximum Gasteiger partial charge on any atom is 0.317 e. The third-order valence-corrected chi connectivity index (χ3v) is 5.75. The Bertz CT molecular complexity index is 410. The van der Waals surface area contributed by atoms with Crippen LogP contribution in [0.5, 0.6) is 0 Å². The van der Waals surface area contributed by atoms with Crippen LogP contribution in [0.3, 0.4) is 0 Å². The molecule has 1 saturated carbocycles. The van der Waals surface area contributed by atoms with Crippen molar-refractivity contribution in [2.75, 3.05) is 24.6 Å². The Hall–Kier alpha value is -0.860. The number of thioether (sulfide) groups is 1. The Labute approximate surface area is 138 Å². The Morgan fingerprint density at radius 2 is 2.27 bits per heavy atom.